The number of aromatic nitrogens is 3. The fraction of sp³-hybridized carbons (Fsp3) is 0.231. The first-order chi connectivity index (χ1) is 15.7. The first kappa shape index (κ1) is 20.1. The summed E-state index contributed by atoms with van der Waals surface area (Å²) in [5.41, 5.74) is 3.41. The Hall–Kier alpha value is -3.80. The monoisotopic (exact) mass is 425 g/mol. The van der Waals surface area contributed by atoms with Gasteiger partial charge in [-0.25, -0.2) is 9.97 Å². The number of nitrogens with zero attached hydrogens (tertiary/aromatic N) is 2. The number of benzene rings is 2. The minimum absolute atomic E-state index is 0.0130. The summed E-state index contributed by atoms with van der Waals surface area (Å²) in [4.78, 5) is 36.4. The third-order valence-corrected chi connectivity index (χ3v) is 5.94. The lowest BCUT2D eigenvalue weighted by atomic mass is 9.84. The summed E-state index contributed by atoms with van der Waals surface area (Å²) in [7, 11) is 0. The van der Waals surface area contributed by atoms with Crippen molar-refractivity contribution < 1.29 is 14.3 Å². The van der Waals surface area contributed by atoms with Gasteiger partial charge in [0, 0.05) is 30.2 Å². The number of Topliss-reactive ketones (excluding diaryl/α,β-unsaturated/α-hetero) is 2. The van der Waals surface area contributed by atoms with Gasteiger partial charge in [-0.05, 0) is 61.2 Å². The number of aromatic amines is 1. The van der Waals surface area contributed by atoms with E-state index in [0.717, 1.165) is 29.4 Å². The largest absolute Gasteiger partial charge is 0.439 e. The van der Waals surface area contributed by atoms with Gasteiger partial charge in [0.15, 0.2) is 5.78 Å². The van der Waals surface area contributed by atoms with Crippen molar-refractivity contribution in [3.63, 3.8) is 0 Å². The van der Waals surface area contributed by atoms with Crippen LogP contribution in [0.2, 0.25) is 0 Å². The van der Waals surface area contributed by atoms with Crippen LogP contribution < -0.4 is 4.74 Å². The van der Waals surface area contributed by atoms with Crippen LogP contribution in [0.3, 0.4) is 0 Å². The highest BCUT2D eigenvalue weighted by Gasteiger charge is 2.23. The molecule has 2 heterocycles. The maximum atomic E-state index is 12.7. The van der Waals surface area contributed by atoms with Crippen LogP contribution >= 0.6 is 0 Å². The van der Waals surface area contributed by atoms with Crippen molar-refractivity contribution in [3.8, 4) is 11.6 Å². The highest BCUT2D eigenvalue weighted by Crippen LogP contribution is 2.36. The van der Waals surface area contributed by atoms with Crippen LogP contribution in [0.5, 0.6) is 11.6 Å². The van der Waals surface area contributed by atoms with E-state index in [-0.39, 0.29) is 18.1 Å². The number of rotatable bonds is 6. The number of H-pyrrole nitrogens is 1. The van der Waals surface area contributed by atoms with E-state index >= 15 is 0 Å². The normalized spacial score (nSPS) is 14.6. The van der Waals surface area contributed by atoms with Gasteiger partial charge in [0.25, 0.3) is 0 Å². The maximum Gasteiger partial charge on any atom is 0.222 e. The zero-order valence-electron chi connectivity index (χ0n) is 17.6. The lowest BCUT2D eigenvalue weighted by Gasteiger charge is -2.22. The Labute approximate surface area is 185 Å². The molecule has 0 amide bonds. The molecule has 0 atom stereocenters. The molecule has 1 aliphatic carbocycles. The lowest BCUT2D eigenvalue weighted by molar-refractivity contribution is -0.120. The van der Waals surface area contributed by atoms with Gasteiger partial charge in [-0.3, -0.25) is 9.59 Å². The third-order valence-electron chi connectivity index (χ3n) is 5.94. The van der Waals surface area contributed by atoms with Gasteiger partial charge in [0.05, 0.1) is 17.5 Å². The summed E-state index contributed by atoms with van der Waals surface area (Å²) in [5.74, 6) is 2.43. The number of carbonyl (C=O) groups excluding carboxylic acids is 2. The van der Waals surface area contributed by atoms with Crippen LogP contribution in [0.25, 0.3) is 11.0 Å². The Bertz CT molecular complexity index is 1230. The van der Waals surface area contributed by atoms with Crippen molar-refractivity contribution in [3.05, 3.63) is 83.8 Å². The molecule has 1 fully saturated rings. The molecule has 2 aromatic heterocycles. The first-order valence-corrected chi connectivity index (χ1v) is 10.9. The Kier molecular flexibility index (Phi) is 5.50. The topological polar surface area (TPSA) is 84.9 Å². The summed E-state index contributed by atoms with van der Waals surface area (Å²) >= 11 is 0. The minimum atomic E-state index is -0.0130. The number of nitrogens with one attached hydrogen (secondary N) is 1. The van der Waals surface area contributed by atoms with Gasteiger partial charge in [0.1, 0.15) is 17.4 Å². The number of ketones is 2. The second kappa shape index (κ2) is 8.75. The van der Waals surface area contributed by atoms with Crippen LogP contribution in [0.15, 0.2) is 66.9 Å². The molecule has 0 spiro atoms. The molecular formula is C26H23N3O3. The average Bonchev–Trinajstić information content (AvgIpc) is 3.23. The molecule has 0 bridgehead atoms. The summed E-state index contributed by atoms with van der Waals surface area (Å²) in [6, 6.07) is 18.8. The molecule has 0 radical (unpaired) electrons. The summed E-state index contributed by atoms with van der Waals surface area (Å²) in [6.45, 7) is 0. The van der Waals surface area contributed by atoms with Crippen molar-refractivity contribution in [1.82, 2.24) is 15.0 Å². The minimum Gasteiger partial charge on any atom is -0.439 e. The van der Waals surface area contributed by atoms with E-state index in [1.165, 1.54) is 0 Å². The summed E-state index contributed by atoms with van der Waals surface area (Å²) in [5, 5.41) is 0. The van der Waals surface area contributed by atoms with E-state index in [4.69, 9.17) is 4.74 Å². The molecule has 0 aliphatic heterocycles. The van der Waals surface area contributed by atoms with Gasteiger partial charge >= 0.3 is 0 Å². The van der Waals surface area contributed by atoms with E-state index in [1.807, 2.05) is 36.4 Å². The molecule has 6 heteroatoms. The number of hydrogen-bond acceptors (Lipinski definition) is 5. The molecule has 1 saturated carbocycles. The van der Waals surface area contributed by atoms with Crippen LogP contribution in [0, 0.1) is 0 Å². The zero-order chi connectivity index (χ0) is 21.9. The average molecular weight is 425 g/mol. The van der Waals surface area contributed by atoms with Crippen LogP contribution in [-0.2, 0) is 11.2 Å². The smallest absolute Gasteiger partial charge is 0.222 e. The second-order valence-electron chi connectivity index (χ2n) is 8.14. The lowest BCUT2D eigenvalue weighted by Crippen LogP contribution is -2.13. The van der Waals surface area contributed by atoms with E-state index in [1.54, 1.807) is 30.5 Å². The molecule has 0 saturated heterocycles. The van der Waals surface area contributed by atoms with E-state index in [2.05, 4.69) is 15.0 Å². The Morgan fingerprint density at radius 1 is 1.00 bits per heavy atom. The van der Waals surface area contributed by atoms with E-state index in [0.29, 0.717) is 41.6 Å². The molecule has 1 N–H and O–H groups in total. The molecule has 160 valence electrons. The molecular weight excluding hydrogens is 402 g/mol. The molecule has 0 unspecified atom stereocenters. The maximum absolute atomic E-state index is 12.7. The second-order valence-corrected chi connectivity index (χ2v) is 8.14. The zero-order valence-corrected chi connectivity index (χ0v) is 17.6. The van der Waals surface area contributed by atoms with Crippen LogP contribution in [0.4, 0.5) is 0 Å². The summed E-state index contributed by atoms with van der Waals surface area (Å²) < 4.78 is 6.06. The Morgan fingerprint density at radius 2 is 1.78 bits per heavy atom. The van der Waals surface area contributed by atoms with Crippen molar-refractivity contribution in [2.45, 2.75) is 38.0 Å². The Balaban J connectivity index is 1.28. The fourth-order valence-electron chi connectivity index (χ4n) is 4.21. The van der Waals surface area contributed by atoms with Crippen molar-refractivity contribution in [2.75, 3.05) is 0 Å². The van der Waals surface area contributed by atoms with Crippen molar-refractivity contribution in [1.29, 1.82) is 0 Å². The van der Waals surface area contributed by atoms with Crippen LogP contribution in [0.1, 0.15) is 53.3 Å². The number of para-hydroxylation sites is 2. The number of pyridine rings is 1. The summed E-state index contributed by atoms with van der Waals surface area (Å²) in [6.07, 6.45) is 4.80. The van der Waals surface area contributed by atoms with Crippen molar-refractivity contribution >= 4 is 22.6 Å². The molecule has 1 aliphatic rings. The van der Waals surface area contributed by atoms with Crippen molar-refractivity contribution in [2.24, 2.45) is 0 Å². The molecule has 4 aromatic rings. The van der Waals surface area contributed by atoms with Gasteiger partial charge in [0.2, 0.25) is 5.88 Å². The molecule has 5 rings (SSSR count). The predicted octanol–water partition coefficient (Wildman–Crippen LogP) is 5.40. The van der Waals surface area contributed by atoms with Gasteiger partial charge in [-0.1, -0.05) is 18.2 Å². The number of hydrogen-bond donors (Lipinski definition) is 1. The first-order valence-electron chi connectivity index (χ1n) is 10.9. The fourth-order valence-corrected chi connectivity index (χ4v) is 4.21. The van der Waals surface area contributed by atoms with Gasteiger partial charge in [-0.2, -0.15) is 0 Å². The highest BCUT2D eigenvalue weighted by atomic mass is 16.5. The van der Waals surface area contributed by atoms with Gasteiger partial charge < -0.3 is 9.72 Å². The third kappa shape index (κ3) is 4.30. The number of carbonyl (C=O) groups is 2. The quantitative estimate of drug-likeness (QED) is 0.418. The number of imidazole rings is 1. The number of ether oxygens (including phenoxy) is 1. The van der Waals surface area contributed by atoms with E-state index in [9.17, 15) is 9.59 Å². The van der Waals surface area contributed by atoms with Crippen LogP contribution in [-0.4, -0.2) is 26.5 Å². The van der Waals surface area contributed by atoms with Gasteiger partial charge in [-0.15, -0.1) is 0 Å². The molecule has 2 aromatic carbocycles. The molecule has 32 heavy (non-hydrogen) atoms. The SMILES string of the molecule is O=C1CCC(c2cccnc2Oc2ccc(C(=O)Cc3nc4ccccc4[nH]3)cc2)CC1. The highest BCUT2D eigenvalue weighted by molar-refractivity contribution is 5.97. The number of fused-ring (bicyclic) bond motifs is 1. The standard InChI is InChI=1S/C26H23N3O3/c30-19-11-7-17(8-12-19)21-4-3-15-27-26(21)32-20-13-9-18(10-14-20)24(31)16-25-28-22-5-1-2-6-23(22)29-25/h1-6,9-10,13-15,17H,7-8,11-12,16H2,(H,28,29). The van der Waals surface area contributed by atoms with E-state index < -0.39 is 0 Å². The Morgan fingerprint density at radius 3 is 2.56 bits per heavy atom. The predicted molar refractivity (Wildman–Crippen MR) is 121 cm³/mol. The molecule has 6 nitrogen and oxygen atoms in total.